The summed E-state index contributed by atoms with van der Waals surface area (Å²) in [5.74, 6) is -0.350. The molecule has 0 spiro atoms. The Bertz CT molecular complexity index is 233. The van der Waals surface area contributed by atoms with E-state index in [2.05, 4.69) is 0 Å². The summed E-state index contributed by atoms with van der Waals surface area (Å²) in [6, 6.07) is 4.06. The van der Waals surface area contributed by atoms with Gasteiger partial charge < -0.3 is 5.11 Å². The van der Waals surface area contributed by atoms with Crippen LogP contribution in [0.5, 0.6) is 5.75 Å². The number of rotatable bonds is 1. The molecule has 54 valence electrons. The average molecular weight is 140 g/mol. The maximum atomic E-state index is 12.3. The molecule has 0 amide bonds. The van der Waals surface area contributed by atoms with Gasteiger partial charge in [0.15, 0.2) is 0 Å². The number of phenolic OH excluding ortho intramolecular Hbond substituents is 1. The molecule has 0 atom stereocenters. The van der Waals surface area contributed by atoms with Gasteiger partial charge in [-0.15, -0.1) is 0 Å². The minimum Gasteiger partial charge on any atom is -0.508 e. The lowest BCUT2D eigenvalue weighted by Crippen LogP contribution is -1.81. The van der Waals surface area contributed by atoms with Crippen molar-refractivity contribution in [2.24, 2.45) is 0 Å². The van der Waals surface area contributed by atoms with Crippen LogP contribution < -0.4 is 0 Å². The zero-order valence-electron chi connectivity index (χ0n) is 5.76. The van der Waals surface area contributed by atoms with Crippen molar-refractivity contribution in [3.05, 3.63) is 29.6 Å². The van der Waals surface area contributed by atoms with E-state index in [4.69, 9.17) is 5.11 Å². The Balaban J connectivity index is 3.07. The van der Waals surface area contributed by atoms with Crippen molar-refractivity contribution in [1.82, 2.24) is 0 Å². The summed E-state index contributed by atoms with van der Waals surface area (Å²) in [6.45, 7) is 1.91. The van der Waals surface area contributed by atoms with Gasteiger partial charge in [0.1, 0.15) is 11.6 Å². The molecule has 0 radical (unpaired) electrons. The Kier molecular flexibility index (Phi) is 1.90. The van der Waals surface area contributed by atoms with E-state index >= 15 is 0 Å². The van der Waals surface area contributed by atoms with E-state index in [1.54, 1.807) is 6.07 Å². The summed E-state index contributed by atoms with van der Waals surface area (Å²) in [5.41, 5.74) is 0.779. The Labute approximate surface area is 59.1 Å². The zero-order chi connectivity index (χ0) is 7.56. The van der Waals surface area contributed by atoms with Crippen LogP contribution in [0.2, 0.25) is 0 Å². The number of hydrogen-bond acceptors (Lipinski definition) is 1. The summed E-state index contributed by atoms with van der Waals surface area (Å²) >= 11 is 0. The molecule has 0 aliphatic rings. The van der Waals surface area contributed by atoms with Crippen LogP contribution in [0.1, 0.15) is 12.5 Å². The lowest BCUT2D eigenvalue weighted by molar-refractivity contribution is 0.462. The molecule has 1 rings (SSSR count). The fourth-order valence-electron chi connectivity index (χ4n) is 0.836. The van der Waals surface area contributed by atoms with Crippen LogP contribution >= 0.6 is 0 Å². The molecule has 0 heterocycles. The molecule has 0 bridgehead atoms. The molecular formula is C8H9FO. The van der Waals surface area contributed by atoms with Gasteiger partial charge in [0.05, 0.1) is 0 Å². The van der Waals surface area contributed by atoms with Gasteiger partial charge in [0, 0.05) is 6.07 Å². The molecule has 1 N–H and O–H groups in total. The van der Waals surface area contributed by atoms with Gasteiger partial charge in [-0.25, -0.2) is 4.39 Å². The summed E-state index contributed by atoms with van der Waals surface area (Å²) in [7, 11) is 0. The first-order valence-corrected chi connectivity index (χ1v) is 3.21. The number of aromatic hydroxyl groups is 1. The second-order valence-corrected chi connectivity index (χ2v) is 2.13. The van der Waals surface area contributed by atoms with Crippen molar-refractivity contribution >= 4 is 0 Å². The summed E-state index contributed by atoms with van der Waals surface area (Å²) in [4.78, 5) is 0. The smallest absolute Gasteiger partial charge is 0.126 e. The highest BCUT2D eigenvalue weighted by molar-refractivity contribution is 5.32. The average Bonchev–Trinajstić information content (AvgIpc) is 1.88. The summed E-state index contributed by atoms with van der Waals surface area (Å²) in [6.07, 6.45) is 0.728. The molecule has 1 nitrogen and oxygen atoms in total. The van der Waals surface area contributed by atoms with Crippen molar-refractivity contribution in [2.75, 3.05) is 0 Å². The monoisotopic (exact) mass is 140 g/mol. The van der Waals surface area contributed by atoms with E-state index in [1.807, 2.05) is 6.92 Å². The Morgan fingerprint density at radius 2 is 2.20 bits per heavy atom. The lowest BCUT2D eigenvalue weighted by Gasteiger charge is -1.98. The molecule has 1 aromatic carbocycles. The summed E-state index contributed by atoms with van der Waals surface area (Å²) in [5, 5.41) is 9.05. The fourth-order valence-corrected chi connectivity index (χ4v) is 0.836. The quantitative estimate of drug-likeness (QED) is 0.633. The van der Waals surface area contributed by atoms with Crippen LogP contribution in [0.3, 0.4) is 0 Å². The number of phenols is 1. The van der Waals surface area contributed by atoms with Crippen molar-refractivity contribution in [3.63, 3.8) is 0 Å². The van der Waals surface area contributed by atoms with Gasteiger partial charge in [-0.1, -0.05) is 13.0 Å². The van der Waals surface area contributed by atoms with Crippen LogP contribution in [-0.4, -0.2) is 5.11 Å². The first-order chi connectivity index (χ1) is 4.74. The molecule has 10 heavy (non-hydrogen) atoms. The first-order valence-electron chi connectivity index (χ1n) is 3.21. The standard InChI is InChI=1S/C8H9FO/c1-2-6-3-4-7(9)5-8(6)10/h3-5,10H,2H2,1H3. The van der Waals surface area contributed by atoms with Crippen molar-refractivity contribution in [2.45, 2.75) is 13.3 Å². The van der Waals surface area contributed by atoms with Crippen molar-refractivity contribution in [1.29, 1.82) is 0 Å². The molecule has 0 saturated carbocycles. The third-order valence-electron chi connectivity index (χ3n) is 1.43. The first kappa shape index (κ1) is 7.06. The molecule has 0 aromatic heterocycles. The van der Waals surface area contributed by atoms with E-state index in [0.717, 1.165) is 18.1 Å². The minimum absolute atomic E-state index is 0.0440. The maximum absolute atomic E-state index is 12.3. The molecule has 0 aliphatic heterocycles. The minimum atomic E-state index is -0.394. The van der Waals surface area contributed by atoms with Crippen LogP contribution in [0.4, 0.5) is 4.39 Å². The SMILES string of the molecule is CCc1ccc(F)cc1O. The van der Waals surface area contributed by atoms with Gasteiger partial charge in [-0.05, 0) is 18.1 Å². The number of benzene rings is 1. The van der Waals surface area contributed by atoms with E-state index < -0.39 is 5.82 Å². The van der Waals surface area contributed by atoms with Crippen molar-refractivity contribution in [3.8, 4) is 5.75 Å². The third-order valence-corrected chi connectivity index (χ3v) is 1.43. The highest BCUT2D eigenvalue weighted by Gasteiger charge is 1.98. The Morgan fingerprint density at radius 1 is 1.50 bits per heavy atom. The molecule has 0 unspecified atom stereocenters. The van der Waals surface area contributed by atoms with Crippen LogP contribution in [0.15, 0.2) is 18.2 Å². The van der Waals surface area contributed by atoms with Gasteiger partial charge in [0.2, 0.25) is 0 Å². The maximum Gasteiger partial charge on any atom is 0.126 e. The third kappa shape index (κ3) is 1.26. The normalized spacial score (nSPS) is 9.80. The summed E-state index contributed by atoms with van der Waals surface area (Å²) < 4.78 is 12.3. The lowest BCUT2D eigenvalue weighted by atomic mass is 10.1. The topological polar surface area (TPSA) is 20.2 Å². The number of hydrogen-bond donors (Lipinski definition) is 1. The fraction of sp³-hybridized carbons (Fsp3) is 0.250. The second kappa shape index (κ2) is 2.69. The highest BCUT2D eigenvalue weighted by atomic mass is 19.1. The number of halogens is 1. The molecular weight excluding hydrogens is 131 g/mol. The van der Waals surface area contributed by atoms with Gasteiger partial charge in [-0.2, -0.15) is 0 Å². The van der Waals surface area contributed by atoms with Crippen molar-refractivity contribution < 1.29 is 9.50 Å². The van der Waals surface area contributed by atoms with Crippen LogP contribution in [-0.2, 0) is 6.42 Å². The van der Waals surface area contributed by atoms with E-state index in [9.17, 15) is 4.39 Å². The van der Waals surface area contributed by atoms with Crippen LogP contribution in [0.25, 0.3) is 0 Å². The van der Waals surface area contributed by atoms with E-state index in [0.29, 0.717) is 0 Å². The predicted octanol–water partition coefficient (Wildman–Crippen LogP) is 2.09. The zero-order valence-corrected chi connectivity index (χ0v) is 5.76. The molecule has 0 saturated heterocycles. The van der Waals surface area contributed by atoms with Gasteiger partial charge >= 0.3 is 0 Å². The molecule has 0 aliphatic carbocycles. The Morgan fingerprint density at radius 3 is 2.70 bits per heavy atom. The van der Waals surface area contributed by atoms with E-state index in [-0.39, 0.29) is 5.75 Å². The number of aryl methyl sites for hydroxylation is 1. The van der Waals surface area contributed by atoms with E-state index in [1.165, 1.54) is 6.07 Å². The predicted molar refractivity (Wildman–Crippen MR) is 37.4 cm³/mol. The molecule has 1 aromatic rings. The Hall–Kier alpha value is -1.05. The largest absolute Gasteiger partial charge is 0.508 e. The van der Waals surface area contributed by atoms with Crippen LogP contribution in [0, 0.1) is 5.82 Å². The highest BCUT2D eigenvalue weighted by Crippen LogP contribution is 2.17. The molecule has 2 heteroatoms. The second-order valence-electron chi connectivity index (χ2n) is 2.13. The van der Waals surface area contributed by atoms with Gasteiger partial charge in [0.25, 0.3) is 0 Å². The van der Waals surface area contributed by atoms with Gasteiger partial charge in [-0.3, -0.25) is 0 Å². The molecule has 0 fully saturated rings.